The average Bonchev–Trinajstić information content (AvgIpc) is 2.52. The number of nitrogen functional groups attached to an aromatic ring is 1. The smallest absolute Gasteiger partial charge is 0.327 e. The molecule has 1 aromatic rings. The molecule has 0 aliphatic heterocycles. The Bertz CT molecular complexity index is 336. The SMILES string of the molecule is CCOC(=O)C(C)(S)c1csc(N)n1. The molecule has 1 aromatic heterocycles. The van der Waals surface area contributed by atoms with Crippen LogP contribution in [-0.4, -0.2) is 17.6 Å². The minimum Gasteiger partial charge on any atom is -0.465 e. The molecule has 1 unspecified atom stereocenters. The van der Waals surface area contributed by atoms with Gasteiger partial charge >= 0.3 is 5.97 Å². The number of esters is 1. The number of ether oxygens (including phenoxy) is 1. The van der Waals surface area contributed by atoms with Crippen LogP contribution in [0.4, 0.5) is 5.13 Å². The molecule has 1 heterocycles. The van der Waals surface area contributed by atoms with E-state index in [4.69, 9.17) is 10.5 Å². The first-order chi connectivity index (χ1) is 6.48. The summed E-state index contributed by atoms with van der Waals surface area (Å²) in [6.07, 6.45) is 0. The van der Waals surface area contributed by atoms with Crippen molar-refractivity contribution in [3.8, 4) is 0 Å². The standard InChI is InChI=1S/C8H12N2O2S2/c1-3-12-6(11)8(2,13)5-4-14-7(9)10-5/h4,13H,3H2,1-2H3,(H2,9,10). The van der Waals surface area contributed by atoms with Crippen molar-refractivity contribution in [3.05, 3.63) is 11.1 Å². The summed E-state index contributed by atoms with van der Waals surface area (Å²) in [6, 6.07) is 0. The van der Waals surface area contributed by atoms with Gasteiger partial charge in [-0.1, -0.05) is 0 Å². The number of thiol groups is 1. The molecule has 0 bridgehead atoms. The summed E-state index contributed by atoms with van der Waals surface area (Å²) in [6.45, 7) is 3.72. The lowest BCUT2D eigenvalue weighted by Crippen LogP contribution is -2.29. The minimum absolute atomic E-state index is 0.328. The molecule has 14 heavy (non-hydrogen) atoms. The Balaban J connectivity index is 2.89. The highest BCUT2D eigenvalue weighted by Crippen LogP contribution is 2.31. The van der Waals surface area contributed by atoms with Crippen molar-refractivity contribution in [1.82, 2.24) is 4.98 Å². The van der Waals surface area contributed by atoms with Gasteiger partial charge in [-0.25, -0.2) is 4.98 Å². The molecule has 0 spiro atoms. The summed E-state index contributed by atoms with van der Waals surface area (Å²) < 4.78 is 3.86. The number of nitrogens with two attached hydrogens (primary N) is 1. The molecule has 1 atom stereocenters. The molecule has 4 nitrogen and oxygen atoms in total. The zero-order valence-corrected chi connectivity index (χ0v) is 9.69. The Kier molecular flexibility index (Phi) is 3.38. The van der Waals surface area contributed by atoms with E-state index in [-0.39, 0.29) is 0 Å². The van der Waals surface area contributed by atoms with Crippen LogP contribution in [0.5, 0.6) is 0 Å². The maximum atomic E-state index is 11.5. The predicted molar refractivity (Wildman–Crippen MR) is 59.5 cm³/mol. The second-order valence-electron chi connectivity index (χ2n) is 2.86. The third kappa shape index (κ3) is 2.19. The lowest BCUT2D eigenvalue weighted by molar-refractivity contribution is -0.145. The molecule has 1 rings (SSSR count). The Morgan fingerprint density at radius 3 is 2.93 bits per heavy atom. The Morgan fingerprint density at radius 2 is 2.50 bits per heavy atom. The molecule has 0 radical (unpaired) electrons. The number of hydrogen-bond acceptors (Lipinski definition) is 6. The van der Waals surface area contributed by atoms with E-state index in [0.29, 0.717) is 17.4 Å². The second-order valence-corrected chi connectivity index (χ2v) is 4.65. The molecule has 0 aliphatic carbocycles. The molecule has 0 saturated heterocycles. The number of carbonyl (C=O) groups is 1. The van der Waals surface area contributed by atoms with Gasteiger partial charge in [0.25, 0.3) is 0 Å². The van der Waals surface area contributed by atoms with E-state index in [1.807, 2.05) is 0 Å². The Hall–Kier alpha value is -0.750. The number of carbonyl (C=O) groups excluding carboxylic acids is 1. The van der Waals surface area contributed by atoms with Gasteiger partial charge in [0.1, 0.15) is 0 Å². The van der Waals surface area contributed by atoms with Gasteiger partial charge in [-0.05, 0) is 13.8 Å². The van der Waals surface area contributed by atoms with Gasteiger partial charge in [0, 0.05) is 5.38 Å². The fourth-order valence-corrected chi connectivity index (χ4v) is 1.83. The quantitative estimate of drug-likeness (QED) is 0.611. The Labute approximate surface area is 91.9 Å². The van der Waals surface area contributed by atoms with Gasteiger partial charge in [0.15, 0.2) is 9.88 Å². The first kappa shape index (κ1) is 11.3. The summed E-state index contributed by atoms with van der Waals surface area (Å²) in [5.74, 6) is -0.409. The van der Waals surface area contributed by atoms with E-state index in [9.17, 15) is 4.79 Å². The fourth-order valence-electron chi connectivity index (χ4n) is 0.887. The summed E-state index contributed by atoms with van der Waals surface area (Å²) in [5.41, 5.74) is 6.00. The number of rotatable bonds is 3. The molecular weight excluding hydrogens is 220 g/mol. The predicted octanol–water partition coefficient (Wildman–Crippen LogP) is 1.43. The van der Waals surface area contributed by atoms with Crippen molar-refractivity contribution in [2.24, 2.45) is 0 Å². The molecule has 6 heteroatoms. The molecule has 0 saturated carbocycles. The Morgan fingerprint density at radius 1 is 1.86 bits per heavy atom. The number of nitrogens with zero attached hydrogens (tertiary/aromatic N) is 1. The van der Waals surface area contributed by atoms with Gasteiger partial charge in [0.2, 0.25) is 0 Å². The van der Waals surface area contributed by atoms with Crippen molar-refractivity contribution in [3.63, 3.8) is 0 Å². The maximum absolute atomic E-state index is 11.5. The van der Waals surface area contributed by atoms with E-state index in [1.165, 1.54) is 11.3 Å². The van der Waals surface area contributed by atoms with E-state index in [0.717, 1.165) is 0 Å². The van der Waals surface area contributed by atoms with Gasteiger partial charge < -0.3 is 10.5 Å². The third-order valence-electron chi connectivity index (χ3n) is 1.69. The highest BCUT2D eigenvalue weighted by Gasteiger charge is 2.35. The van der Waals surface area contributed by atoms with E-state index < -0.39 is 10.7 Å². The average molecular weight is 232 g/mol. The van der Waals surface area contributed by atoms with Crippen molar-refractivity contribution in [2.45, 2.75) is 18.6 Å². The van der Waals surface area contributed by atoms with Crippen LogP contribution in [0.1, 0.15) is 19.5 Å². The van der Waals surface area contributed by atoms with Crippen LogP contribution >= 0.6 is 24.0 Å². The van der Waals surface area contributed by atoms with Gasteiger partial charge in [0.05, 0.1) is 12.3 Å². The summed E-state index contributed by atoms with van der Waals surface area (Å²) in [5, 5.41) is 2.13. The van der Waals surface area contributed by atoms with Gasteiger partial charge in [-0.15, -0.1) is 11.3 Å². The van der Waals surface area contributed by atoms with E-state index >= 15 is 0 Å². The van der Waals surface area contributed by atoms with Crippen LogP contribution in [0.2, 0.25) is 0 Å². The highest BCUT2D eigenvalue weighted by atomic mass is 32.1. The maximum Gasteiger partial charge on any atom is 0.327 e. The largest absolute Gasteiger partial charge is 0.465 e. The summed E-state index contributed by atoms with van der Waals surface area (Å²) in [4.78, 5) is 15.5. The van der Waals surface area contributed by atoms with Crippen LogP contribution in [0.3, 0.4) is 0 Å². The van der Waals surface area contributed by atoms with Crippen LogP contribution in [0, 0.1) is 0 Å². The molecule has 0 fully saturated rings. The molecule has 2 N–H and O–H groups in total. The van der Waals surface area contributed by atoms with Gasteiger partial charge in [-0.2, -0.15) is 12.6 Å². The van der Waals surface area contributed by atoms with Crippen molar-refractivity contribution < 1.29 is 9.53 Å². The van der Waals surface area contributed by atoms with Crippen LogP contribution in [-0.2, 0) is 14.3 Å². The number of anilines is 1. The molecule has 0 amide bonds. The molecule has 0 aromatic carbocycles. The first-order valence-electron chi connectivity index (χ1n) is 4.09. The van der Waals surface area contributed by atoms with E-state index in [1.54, 1.807) is 19.2 Å². The summed E-state index contributed by atoms with van der Waals surface area (Å²) in [7, 11) is 0. The monoisotopic (exact) mass is 232 g/mol. The molecular formula is C8H12N2O2S2. The van der Waals surface area contributed by atoms with Crippen LogP contribution in [0.25, 0.3) is 0 Å². The number of hydrogen-bond donors (Lipinski definition) is 2. The first-order valence-corrected chi connectivity index (χ1v) is 5.42. The second kappa shape index (κ2) is 4.18. The normalized spacial score (nSPS) is 14.8. The number of thiazole rings is 1. The van der Waals surface area contributed by atoms with Crippen LogP contribution < -0.4 is 5.73 Å². The van der Waals surface area contributed by atoms with Crippen LogP contribution in [0.15, 0.2) is 5.38 Å². The lowest BCUT2D eigenvalue weighted by atomic mass is 10.1. The fraction of sp³-hybridized carbons (Fsp3) is 0.500. The molecule has 78 valence electrons. The zero-order valence-electron chi connectivity index (χ0n) is 7.98. The lowest BCUT2D eigenvalue weighted by Gasteiger charge is -2.18. The van der Waals surface area contributed by atoms with Gasteiger partial charge in [-0.3, -0.25) is 4.79 Å². The number of aromatic nitrogens is 1. The van der Waals surface area contributed by atoms with Crippen molar-refractivity contribution in [2.75, 3.05) is 12.3 Å². The third-order valence-corrected chi connectivity index (χ3v) is 2.78. The molecule has 0 aliphatic rings. The highest BCUT2D eigenvalue weighted by molar-refractivity contribution is 7.82. The topological polar surface area (TPSA) is 65.2 Å². The van der Waals surface area contributed by atoms with E-state index in [2.05, 4.69) is 17.6 Å². The summed E-state index contributed by atoms with van der Waals surface area (Å²) >= 11 is 5.51. The minimum atomic E-state index is -1.02. The van der Waals surface area contributed by atoms with Crippen molar-refractivity contribution >= 4 is 35.1 Å². The zero-order chi connectivity index (χ0) is 10.8. The van der Waals surface area contributed by atoms with Crippen molar-refractivity contribution in [1.29, 1.82) is 0 Å².